The van der Waals surface area contributed by atoms with Crippen molar-refractivity contribution in [2.45, 2.75) is 6.92 Å². The number of pyridine rings is 1. The number of rotatable bonds is 2. The van der Waals surface area contributed by atoms with Crippen LogP contribution < -0.4 is 0 Å². The molecule has 1 aromatic rings. The summed E-state index contributed by atoms with van der Waals surface area (Å²) in [7, 11) is -5.85. The molecule has 0 spiro atoms. The fraction of sp³-hybridized carbons (Fsp3) is 0.167. The molecule has 1 rings (SSSR count). The predicted octanol–water partition coefficient (Wildman–Crippen LogP) is 1.69. The Morgan fingerprint density at radius 1 is 1.29 bits per heavy atom. The number of aryl methyl sites for hydroxylation is 1. The summed E-state index contributed by atoms with van der Waals surface area (Å²) < 4.78 is 22.2. The predicted molar refractivity (Wildman–Crippen MR) is 49.7 cm³/mol. The zero-order valence-electron chi connectivity index (χ0n) is 7.27. The van der Waals surface area contributed by atoms with Crippen molar-refractivity contribution in [3.63, 3.8) is 0 Å². The van der Waals surface area contributed by atoms with Gasteiger partial charge in [0, 0.05) is 21.0 Å². The summed E-state index contributed by atoms with van der Waals surface area (Å²) in [6, 6.07) is 5.86. The van der Waals surface area contributed by atoms with Gasteiger partial charge in [-0.3, -0.25) is 4.98 Å². The van der Waals surface area contributed by atoms with Gasteiger partial charge >= 0.3 is 16.5 Å². The van der Waals surface area contributed by atoms with E-state index in [1.807, 2.05) is 25.1 Å². The lowest BCUT2D eigenvalue weighted by molar-refractivity contribution is 0.371. The first kappa shape index (κ1) is 13.2. The monoisotopic (exact) mass is 237 g/mol. The molecule has 2 unspecified atom stereocenters. The summed E-state index contributed by atoms with van der Waals surface area (Å²) in [4.78, 5) is 19.3. The highest BCUT2D eigenvalue weighted by molar-refractivity contribution is 7.46. The first-order valence-corrected chi connectivity index (χ1v) is 5.66. The highest BCUT2D eigenvalue weighted by Gasteiger charge is 2.31. The number of nitrogens with zero attached hydrogens (tertiary/aromatic N) is 1. The molecule has 6 nitrogen and oxygen atoms in total. The first-order valence-electron chi connectivity index (χ1n) is 3.40. The van der Waals surface area contributed by atoms with E-state index >= 15 is 0 Å². The van der Waals surface area contributed by atoms with Gasteiger partial charge in [-0.15, -0.1) is 9.79 Å². The van der Waals surface area contributed by atoms with Crippen molar-refractivity contribution in [2.75, 3.05) is 0 Å². The van der Waals surface area contributed by atoms with Gasteiger partial charge in [-0.2, -0.15) is 0 Å². The molecule has 0 amide bonds. The summed E-state index contributed by atoms with van der Waals surface area (Å²) in [5.41, 5.74) is 1.07. The van der Waals surface area contributed by atoms with Gasteiger partial charge in [0.1, 0.15) is 0 Å². The smallest absolute Gasteiger partial charge is 0.262 e. The van der Waals surface area contributed by atoms with Gasteiger partial charge in [0.25, 0.3) is 0 Å². The van der Waals surface area contributed by atoms with Crippen LogP contribution in [0.5, 0.6) is 0 Å². The Bertz CT molecular complexity index is 292. The standard InChI is InChI=1S/C6H7N.O5P2/c1-6-4-2-3-5-7-6;1-6(2)5-7(3)4/h2-5H,1H3;/p+2. The quantitative estimate of drug-likeness (QED) is 0.759. The van der Waals surface area contributed by atoms with Crippen molar-refractivity contribution in [1.82, 2.24) is 4.98 Å². The molecule has 0 aliphatic carbocycles. The zero-order chi connectivity index (χ0) is 11.0. The topological polar surface area (TPSA) is 96.7 Å². The number of aromatic nitrogens is 1. The van der Waals surface area contributed by atoms with Crippen molar-refractivity contribution >= 4 is 16.5 Å². The maximum absolute atomic E-state index is 9.39. The molecule has 0 saturated carbocycles. The molecule has 0 fully saturated rings. The number of hydrogen-bond acceptors (Lipinski definition) is 4. The fourth-order valence-electron chi connectivity index (χ4n) is 0.508. The zero-order valence-corrected chi connectivity index (χ0v) is 9.06. The third-order valence-corrected chi connectivity index (χ3v) is 2.07. The molecule has 1 heterocycles. The highest BCUT2D eigenvalue weighted by Crippen LogP contribution is 2.30. The van der Waals surface area contributed by atoms with E-state index in [9.17, 15) is 9.13 Å². The second kappa shape index (κ2) is 7.62. The summed E-state index contributed by atoms with van der Waals surface area (Å²) in [6.07, 6.45) is 1.79. The van der Waals surface area contributed by atoms with Gasteiger partial charge in [0.15, 0.2) is 4.31 Å². The minimum absolute atomic E-state index is 1.07. The molecule has 0 saturated heterocycles. The van der Waals surface area contributed by atoms with Crippen molar-refractivity contribution in [1.29, 1.82) is 0 Å². The lowest BCUT2D eigenvalue weighted by Crippen LogP contribution is -1.72. The van der Waals surface area contributed by atoms with Gasteiger partial charge in [0.05, 0.1) is 0 Å². The second-order valence-corrected chi connectivity index (χ2v) is 3.63. The Kier molecular flexibility index (Phi) is 7.20. The van der Waals surface area contributed by atoms with Crippen molar-refractivity contribution in [2.24, 2.45) is 0 Å². The summed E-state index contributed by atoms with van der Waals surface area (Å²) in [5, 5.41) is 0. The van der Waals surface area contributed by atoms with Crippen LogP contribution in [-0.2, 0) is 13.4 Å². The summed E-state index contributed by atoms with van der Waals surface area (Å²) >= 11 is 0. The Hall–Kier alpha value is -0.770. The van der Waals surface area contributed by atoms with Crippen LogP contribution in [0.15, 0.2) is 24.4 Å². The Morgan fingerprint density at radius 3 is 2.00 bits per heavy atom. The van der Waals surface area contributed by atoms with E-state index in [2.05, 4.69) is 9.29 Å². The summed E-state index contributed by atoms with van der Waals surface area (Å²) in [5.74, 6) is 0. The van der Waals surface area contributed by atoms with E-state index in [0.29, 0.717) is 0 Å². The van der Waals surface area contributed by atoms with E-state index in [1.165, 1.54) is 0 Å². The highest BCUT2D eigenvalue weighted by atomic mass is 31.2. The number of hydrogen-bond donors (Lipinski definition) is 2. The van der Waals surface area contributed by atoms with Gasteiger partial charge in [-0.25, -0.2) is 0 Å². The van der Waals surface area contributed by atoms with Gasteiger partial charge < -0.3 is 0 Å². The summed E-state index contributed by atoms with van der Waals surface area (Å²) in [6.45, 7) is 1.97. The Morgan fingerprint density at radius 2 is 1.86 bits per heavy atom. The van der Waals surface area contributed by atoms with E-state index in [-0.39, 0.29) is 0 Å². The minimum Gasteiger partial charge on any atom is -0.262 e. The largest absolute Gasteiger partial charge is 0.745 e. The maximum Gasteiger partial charge on any atom is 0.745 e. The van der Waals surface area contributed by atoms with E-state index < -0.39 is 16.5 Å². The molecule has 0 aliphatic heterocycles. The molecule has 1 aromatic heterocycles. The fourth-order valence-corrected chi connectivity index (χ4v) is 0.986. The molecule has 14 heavy (non-hydrogen) atoms. The van der Waals surface area contributed by atoms with Crippen LogP contribution in [0.4, 0.5) is 0 Å². The molecule has 2 atom stereocenters. The van der Waals surface area contributed by atoms with Crippen LogP contribution >= 0.6 is 16.5 Å². The van der Waals surface area contributed by atoms with Crippen LogP contribution in [-0.4, -0.2) is 14.8 Å². The molecular weight excluding hydrogens is 228 g/mol. The molecule has 76 valence electrons. The van der Waals surface area contributed by atoms with Crippen molar-refractivity contribution in [3.05, 3.63) is 30.1 Å². The molecule has 0 aromatic carbocycles. The third-order valence-electron chi connectivity index (χ3n) is 0.952. The maximum atomic E-state index is 9.39. The molecule has 0 aliphatic rings. The van der Waals surface area contributed by atoms with E-state index in [0.717, 1.165) is 5.69 Å². The third kappa shape index (κ3) is 9.32. The average Bonchev–Trinajstić information content (AvgIpc) is 2.03. The Balaban J connectivity index is 0.000000241. The Labute approximate surface area is 82.5 Å². The lowest BCUT2D eigenvalue weighted by atomic mass is 10.4. The van der Waals surface area contributed by atoms with Gasteiger partial charge in [-0.1, -0.05) is 6.07 Å². The molecule has 2 N–H and O–H groups in total. The van der Waals surface area contributed by atoms with Crippen LogP contribution in [0.1, 0.15) is 5.69 Å². The van der Waals surface area contributed by atoms with Crippen molar-refractivity contribution in [3.8, 4) is 0 Å². The van der Waals surface area contributed by atoms with Gasteiger partial charge in [0.2, 0.25) is 0 Å². The van der Waals surface area contributed by atoms with Crippen LogP contribution in [0, 0.1) is 6.92 Å². The van der Waals surface area contributed by atoms with Crippen LogP contribution in [0.3, 0.4) is 0 Å². The van der Waals surface area contributed by atoms with E-state index in [4.69, 9.17) is 9.79 Å². The molecule has 0 radical (unpaired) electrons. The molecule has 0 bridgehead atoms. The average molecular weight is 237 g/mol. The van der Waals surface area contributed by atoms with E-state index in [1.54, 1.807) is 6.20 Å². The van der Waals surface area contributed by atoms with Crippen LogP contribution in [0.2, 0.25) is 0 Å². The second-order valence-electron chi connectivity index (χ2n) is 2.03. The molecule has 8 heteroatoms. The first-order chi connectivity index (χ1) is 6.52. The molecular formula is C6H9NO5P2+2. The van der Waals surface area contributed by atoms with Crippen molar-refractivity contribution < 1.29 is 23.2 Å². The SMILES string of the molecule is Cc1ccccn1.O=[P+](O)O[P+](=O)O. The van der Waals surface area contributed by atoms with Crippen LogP contribution in [0.25, 0.3) is 0 Å². The minimum atomic E-state index is -2.92. The van der Waals surface area contributed by atoms with Gasteiger partial charge in [-0.05, 0) is 19.1 Å². The lowest BCUT2D eigenvalue weighted by Gasteiger charge is -1.82. The normalized spacial score (nSPS) is 11.1.